The summed E-state index contributed by atoms with van der Waals surface area (Å²) in [6.07, 6.45) is 59.1. The highest BCUT2D eigenvalue weighted by Gasteiger charge is 2.19. The van der Waals surface area contributed by atoms with E-state index >= 15 is 0 Å². The third kappa shape index (κ3) is 46.2. The number of carbonyl (C=O) groups excluding carboxylic acids is 3. The van der Waals surface area contributed by atoms with E-state index in [1.165, 1.54) is 83.5 Å². The second-order valence-corrected chi connectivity index (χ2v) is 16.7. The lowest BCUT2D eigenvalue weighted by molar-refractivity contribution is -0.167. The molecule has 0 aliphatic rings. The van der Waals surface area contributed by atoms with Gasteiger partial charge in [0, 0.05) is 19.3 Å². The predicted octanol–water partition coefficient (Wildman–Crippen LogP) is 16.5. The van der Waals surface area contributed by atoms with Gasteiger partial charge in [0.25, 0.3) is 0 Å². The average Bonchev–Trinajstić information content (AvgIpc) is 3.24. The molecule has 1 unspecified atom stereocenters. The minimum absolute atomic E-state index is 0.0888. The van der Waals surface area contributed by atoms with Crippen LogP contribution in [0.1, 0.15) is 245 Å². The summed E-state index contributed by atoms with van der Waals surface area (Å²) in [5.74, 6) is -0.923. The number of allylic oxidation sites excluding steroid dienone is 10. The molecule has 0 aromatic carbocycles. The standard InChI is InChI=1S/C54H94O6/c1-4-7-10-13-16-19-22-25-27-30-32-35-38-41-44-47-53(56)59-50-51(49-58-52(55)46-43-40-37-34-31-28-24-21-18-15-12-9-6-3)60-54(57)48-45-42-39-36-33-29-26-23-20-17-14-11-8-5-2/h12,14-15,17,21,23-27,51H,4-11,13,16,18-20,22,28-50H2,1-3H3/b15-12-,17-14-,24-21-,26-23-,27-25-. The van der Waals surface area contributed by atoms with Gasteiger partial charge in [0.2, 0.25) is 0 Å². The fraction of sp³-hybridized carbons (Fsp3) is 0.759. The Kier molecular flexibility index (Phi) is 46.4. The second kappa shape index (κ2) is 48.8. The van der Waals surface area contributed by atoms with Gasteiger partial charge in [0.05, 0.1) is 0 Å². The monoisotopic (exact) mass is 839 g/mol. The lowest BCUT2D eigenvalue weighted by Gasteiger charge is -2.18. The highest BCUT2D eigenvalue weighted by atomic mass is 16.6. The zero-order valence-corrected chi connectivity index (χ0v) is 39.5. The summed E-state index contributed by atoms with van der Waals surface area (Å²) in [6, 6.07) is 0. The molecular weight excluding hydrogens is 745 g/mol. The van der Waals surface area contributed by atoms with E-state index in [1.54, 1.807) is 0 Å². The quantitative estimate of drug-likeness (QED) is 0.0263. The van der Waals surface area contributed by atoms with Crippen LogP contribution < -0.4 is 0 Å². The smallest absolute Gasteiger partial charge is 0.306 e. The van der Waals surface area contributed by atoms with E-state index in [1.807, 2.05) is 0 Å². The van der Waals surface area contributed by atoms with Crippen LogP contribution in [-0.2, 0) is 28.6 Å². The zero-order chi connectivity index (χ0) is 43.7. The summed E-state index contributed by atoms with van der Waals surface area (Å²) in [5.41, 5.74) is 0. The van der Waals surface area contributed by atoms with Crippen LogP contribution >= 0.6 is 0 Å². The van der Waals surface area contributed by atoms with Gasteiger partial charge in [-0.15, -0.1) is 0 Å². The van der Waals surface area contributed by atoms with Crippen LogP contribution in [0, 0.1) is 0 Å². The molecule has 0 spiro atoms. The number of hydrogen-bond acceptors (Lipinski definition) is 6. The Morgan fingerprint density at radius 3 is 1.05 bits per heavy atom. The van der Waals surface area contributed by atoms with E-state index in [4.69, 9.17) is 14.2 Å². The van der Waals surface area contributed by atoms with Crippen LogP contribution in [0.3, 0.4) is 0 Å². The van der Waals surface area contributed by atoms with E-state index in [2.05, 4.69) is 81.5 Å². The molecule has 6 heteroatoms. The molecule has 0 saturated heterocycles. The average molecular weight is 839 g/mol. The summed E-state index contributed by atoms with van der Waals surface area (Å²) in [7, 11) is 0. The Hall–Kier alpha value is -2.89. The van der Waals surface area contributed by atoms with Crippen LogP contribution in [-0.4, -0.2) is 37.2 Å². The highest BCUT2D eigenvalue weighted by Crippen LogP contribution is 2.14. The van der Waals surface area contributed by atoms with Crippen molar-refractivity contribution in [1.29, 1.82) is 0 Å². The third-order valence-corrected chi connectivity index (χ3v) is 10.7. The Morgan fingerprint density at radius 1 is 0.333 bits per heavy atom. The van der Waals surface area contributed by atoms with E-state index < -0.39 is 6.10 Å². The molecule has 0 aromatic heterocycles. The van der Waals surface area contributed by atoms with Crippen molar-refractivity contribution in [1.82, 2.24) is 0 Å². The molecule has 0 aliphatic carbocycles. The van der Waals surface area contributed by atoms with Crippen molar-refractivity contribution in [3.05, 3.63) is 60.8 Å². The molecule has 0 aromatic rings. The third-order valence-electron chi connectivity index (χ3n) is 10.7. The molecule has 60 heavy (non-hydrogen) atoms. The van der Waals surface area contributed by atoms with Crippen molar-refractivity contribution in [2.45, 2.75) is 252 Å². The minimum atomic E-state index is -0.789. The first-order valence-corrected chi connectivity index (χ1v) is 25.3. The lowest BCUT2D eigenvalue weighted by Crippen LogP contribution is -2.30. The largest absolute Gasteiger partial charge is 0.462 e. The van der Waals surface area contributed by atoms with Gasteiger partial charge >= 0.3 is 17.9 Å². The van der Waals surface area contributed by atoms with Crippen molar-refractivity contribution in [3.8, 4) is 0 Å². The molecule has 0 aliphatic heterocycles. The fourth-order valence-corrected chi connectivity index (χ4v) is 6.84. The molecule has 0 bridgehead atoms. The van der Waals surface area contributed by atoms with Crippen LogP contribution in [0.5, 0.6) is 0 Å². The molecule has 0 N–H and O–H groups in total. The summed E-state index contributed by atoms with van der Waals surface area (Å²) in [6.45, 7) is 6.50. The number of carbonyl (C=O) groups is 3. The first-order chi connectivity index (χ1) is 29.5. The molecule has 0 saturated carbocycles. The SMILES string of the molecule is CCC/C=C\C/C=C\CCCCCCCC(=O)OCC(COC(=O)CCCCCCC/C=C\CCCCCCCC)OC(=O)CCCCCCC/C=C\C/C=C\CCCC. The van der Waals surface area contributed by atoms with E-state index in [0.29, 0.717) is 19.3 Å². The van der Waals surface area contributed by atoms with Gasteiger partial charge in [-0.05, 0) is 96.3 Å². The van der Waals surface area contributed by atoms with Gasteiger partial charge in [-0.2, -0.15) is 0 Å². The maximum Gasteiger partial charge on any atom is 0.306 e. The fourth-order valence-electron chi connectivity index (χ4n) is 6.84. The van der Waals surface area contributed by atoms with Gasteiger partial charge in [0.1, 0.15) is 13.2 Å². The molecule has 346 valence electrons. The van der Waals surface area contributed by atoms with Gasteiger partial charge in [-0.1, -0.05) is 191 Å². The maximum absolute atomic E-state index is 12.8. The van der Waals surface area contributed by atoms with Gasteiger partial charge in [-0.25, -0.2) is 0 Å². The molecule has 0 rings (SSSR count). The van der Waals surface area contributed by atoms with E-state index in [-0.39, 0.29) is 31.1 Å². The number of hydrogen-bond donors (Lipinski definition) is 0. The summed E-state index contributed by atoms with van der Waals surface area (Å²) in [5, 5.41) is 0. The number of rotatable bonds is 45. The van der Waals surface area contributed by atoms with Crippen molar-refractivity contribution >= 4 is 17.9 Å². The Bertz CT molecular complexity index is 1100. The van der Waals surface area contributed by atoms with Gasteiger partial charge < -0.3 is 14.2 Å². The van der Waals surface area contributed by atoms with Crippen molar-refractivity contribution < 1.29 is 28.6 Å². The van der Waals surface area contributed by atoms with Crippen LogP contribution in [0.25, 0.3) is 0 Å². The molecule has 6 nitrogen and oxygen atoms in total. The van der Waals surface area contributed by atoms with Crippen molar-refractivity contribution in [2.24, 2.45) is 0 Å². The van der Waals surface area contributed by atoms with Gasteiger partial charge in [-0.3, -0.25) is 14.4 Å². The summed E-state index contributed by atoms with van der Waals surface area (Å²) in [4.78, 5) is 37.9. The Balaban J connectivity index is 4.43. The lowest BCUT2D eigenvalue weighted by atomic mass is 10.1. The number of ether oxygens (including phenoxy) is 3. The first kappa shape index (κ1) is 57.1. The van der Waals surface area contributed by atoms with Crippen LogP contribution in [0.15, 0.2) is 60.8 Å². The number of unbranched alkanes of at least 4 members (excludes halogenated alkanes) is 24. The van der Waals surface area contributed by atoms with Crippen molar-refractivity contribution in [3.63, 3.8) is 0 Å². The van der Waals surface area contributed by atoms with E-state index in [0.717, 1.165) is 122 Å². The molecule has 0 fully saturated rings. The maximum atomic E-state index is 12.8. The number of esters is 3. The first-order valence-electron chi connectivity index (χ1n) is 25.3. The van der Waals surface area contributed by atoms with Crippen molar-refractivity contribution in [2.75, 3.05) is 13.2 Å². The minimum Gasteiger partial charge on any atom is -0.462 e. The predicted molar refractivity (Wildman–Crippen MR) is 256 cm³/mol. The molecular formula is C54H94O6. The molecule has 0 heterocycles. The topological polar surface area (TPSA) is 78.9 Å². The Morgan fingerprint density at radius 2 is 0.650 bits per heavy atom. The Labute approximate surface area is 370 Å². The second-order valence-electron chi connectivity index (χ2n) is 16.7. The van der Waals surface area contributed by atoms with Gasteiger partial charge in [0.15, 0.2) is 6.10 Å². The van der Waals surface area contributed by atoms with E-state index in [9.17, 15) is 14.4 Å². The zero-order valence-electron chi connectivity index (χ0n) is 39.5. The highest BCUT2D eigenvalue weighted by molar-refractivity contribution is 5.71. The van der Waals surface area contributed by atoms with Crippen LogP contribution in [0.2, 0.25) is 0 Å². The summed E-state index contributed by atoms with van der Waals surface area (Å²) < 4.78 is 16.8. The molecule has 1 atom stereocenters. The molecule has 0 amide bonds. The van der Waals surface area contributed by atoms with Crippen LogP contribution in [0.4, 0.5) is 0 Å². The summed E-state index contributed by atoms with van der Waals surface area (Å²) >= 11 is 0. The molecule has 0 radical (unpaired) electrons. The normalized spacial score (nSPS) is 12.5.